The molecule has 152 valence electrons. The predicted molar refractivity (Wildman–Crippen MR) is 109 cm³/mol. The molecule has 0 spiro atoms. The molecule has 3 heterocycles. The lowest BCUT2D eigenvalue weighted by molar-refractivity contribution is 0.0830. The van der Waals surface area contributed by atoms with Gasteiger partial charge < -0.3 is 4.90 Å². The van der Waals surface area contributed by atoms with Gasteiger partial charge in [0.1, 0.15) is 22.0 Å². The monoisotopic (exact) mass is 416 g/mol. The van der Waals surface area contributed by atoms with Gasteiger partial charge in [-0.2, -0.15) is 0 Å². The summed E-state index contributed by atoms with van der Waals surface area (Å²) in [6.07, 6.45) is 5.02. The largest absolute Gasteiger partial charge is 0.344 e. The molecule has 1 amide bonds. The fraction of sp³-hybridized carbons (Fsp3) is 0.381. The smallest absolute Gasteiger partial charge is 0.263 e. The van der Waals surface area contributed by atoms with Crippen LogP contribution in [0, 0.1) is 11.6 Å². The van der Waals surface area contributed by atoms with Gasteiger partial charge in [-0.05, 0) is 49.5 Å². The lowest BCUT2D eigenvalue weighted by Gasteiger charge is -2.32. The van der Waals surface area contributed by atoms with Crippen LogP contribution in [0.1, 0.15) is 39.6 Å². The van der Waals surface area contributed by atoms with E-state index in [2.05, 4.69) is 14.9 Å². The molecular weight excluding hydrogens is 394 g/mol. The predicted octanol–water partition coefficient (Wildman–Crippen LogP) is 4.05. The van der Waals surface area contributed by atoms with E-state index in [-0.39, 0.29) is 11.8 Å². The third kappa shape index (κ3) is 4.13. The van der Waals surface area contributed by atoms with Crippen molar-refractivity contribution in [1.29, 1.82) is 0 Å². The summed E-state index contributed by atoms with van der Waals surface area (Å²) < 4.78 is 26.9. The zero-order chi connectivity index (χ0) is 20.5. The molecule has 4 rings (SSSR count). The van der Waals surface area contributed by atoms with Crippen LogP contribution in [0.15, 0.2) is 30.6 Å². The van der Waals surface area contributed by atoms with Crippen molar-refractivity contribution in [2.24, 2.45) is 0 Å². The van der Waals surface area contributed by atoms with Gasteiger partial charge in [-0.3, -0.25) is 14.7 Å². The van der Waals surface area contributed by atoms with E-state index in [0.29, 0.717) is 17.0 Å². The first-order valence-corrected chi connectivity index (χ1v) is 10.4. The fourth-order valence-corrected chi connectivity index (χ4v) is 5.13. The maximum absolute atomic E-state index is 13.5. The van der Waals surface area contributed by atoms with Crippen LogP contribution in [0.5, 0.6) is 0 Å². The summed E-state index contributed by atoms with van der Waals surface area (Å²) >= 11 is 1.40. The molecule has 0 N–H and O–H groups in total. The lowest BCUT2D eigenvalue weighted by Crippen LogP contribution is -2.33. The van der Waals surface area contributed by atoms with Gasteiger partial charge in [-0.25, -0.2) is 13.8 Å². The van der Waals surface area contributed by atoms with Crippen molar-refractivity contribution in [3.05, 3.63) is 58.2 Å². The maximum atomic E-state index is 13.5. The summed E-state index contributed by atoms with van der Waals surface area (Å²) in [5.74, 6) is -0.919. The molecule has 0 aliphatic carbocycles. The zero-order valence-electron chi connectivity index (χ0n) is 16.4. The lowest BCUT2D eigenvalue weighted by atomic mass is 9.88. The Morgan fingerprint density at radius 2 is 1.79 bits per heavy atom. The minimum absolute atomic E-state index is 0.0255. The Morgan fingerprint density at radius 1 is 1.14 bits per heavy atom. The van der Waals surface area contributed by atoms with Crippen molar-refractivity contribution in [1.82, 2.24) is 19.8 Å². The highest BCUT2D eigenvalue weighted by Gasteiger charge is 2.30. The number of carbonyl (C=O) groups is 1. The number of thiophene rings is 1. The Balaban J connectivity index is 1.54. The summed E-state index contributed by atoms with van der Waals surface area (Å²) in [5, 5.41) is 0. The number of carbonyl (C=O) groups excluding carboxylic acids is 1. The Kier molecular flexibility index (Phi) is 5.56. The van der Waals surface area contributed by atoms with Gasteiger partial charge in [0.15, 0.2) is 0 Å². The normalized spacial score (nSPS) is 15.7. The van der Waals surface area contributed by atoms with Crippen molar-refractivity contribution in [3.63, 3.8) is 0 Å². The van der Waals surface area contributed by atoms with Crippen LogP contribution in [-0.2, 0) is 6.54 Å². The number of fused-ring (bicyclic) bond motifs is 1. The number of likely N-dealkylation sites (tertiary alicyclic amines) is 1. The number of halogens is 2. The highest BCUT2D eigenvalue weighted by Crippen LogP contribution is 2.39. The van der Waals surface area contributed by atoms with Crippen LogP contribution in [0.4, 0.5) is 8.78 Å². The average Bonchev–Trinajstić information content (AvgIpc) is 3.06. The summed E-state index contributed by atoms with van der Waals surface area (Å²) in [4.78, 5) is 26.9. The molecular formula is C21H22F2N4OS. The summed E-state index contributed by atoms with van der Waals surface area (Å²) in [7, 11) is 3.50. The highest BCUT2D eigenvalue weighted by atomic mass is 32.1. The van der Waals surface area contributed by atoms with Crippen LogP contribution in [-0.4, -0.2) is 52.9 Å². The molecule has 1 aromatic carbocycles. The Bertz CT molecular complexity index is 1020. The molecule has 3 aromatic rings. The van der Waals surface area contributed by atoms with E-state index in [1.807, 2.05) is 0 Å². The molecule has 1 aliphatic rings. The zero-order valence-corrected chi connectivity index (χ0v) is 17.2. The van der Waals surface area contributed by atoms with E-state index in [0.717, 1.165) is 47.9 Å². The molecule has 29 heavy (non-hydrogen) atoms. The van der Waals surface area contributed by atoms with Crippen LogP contribution in [0.2, 0.25) is 0 Å². The summed E-state index contributed by atoms with van der Waals surface area (Å²) in [6.45, 7) is 2.08. The van der Waals surface area contributed by atoms with Gasteiger partial charge in [-0.1, -0.05) is 0 Å². The van der Waals surface area contributed by atoms with Gasteiger partial charge in [0.2, 0.25) is 0 Å². The molecule has 1 saturated heterocycles. The van der Waals surface area contributed by atoms with Crippen molar-refractivity contribution in [2.45, 2.75) is 25.3 Å². The third-order valence-electron chi connectivity index (χ3n) is 5.29. The second-order valence-corrected chi connectivity index (χ2v) is 8.58. The van der Waals surface area contributed by atoms with E-state index >= 15 is 0 Å². The number of aromatic nitrogens is 2. The minimum atomic E-state index is -0.551. The number of benzene rings is 1. The van der Waals surface area contributed by atoms with Gasteiger partial charge >= 0.3 is 0 Å². The van der Waals surface area contributed by atoms with Gasteiger partial charge in [0, 0.05) is 44.7 Å². The highest BCUT2D eigenvalue weighted by molar-refractivity contribution is 7.20. The molecule has 0 radical (unpaired) electrons. The van der Waals surface area contributed by atoms with Crippen LogP contribution in [0.25, 0.3) is 10.3 Å². The second kappa shape index (κ2) is 8.12. The maximum Gasteiger partial charge on any atom is 0.263 e. The van der Waals surface area contributed by atoms with Crippen LogP contribution in [0.3, 0.4) is 0 Å². The first-order valence-electron chi connectivity index (χ1n) is 9.54. The third-order valence-corrected chi connectivity index (χ3v) is 6.38. The SMILES string of the molecule is CN(C)C(=O)c1sc2nccnc2c1C1CCN(Cc2cc(F)cc(F)c2)CC1. The number of rotatable bonds is 4. The fourth-order valence-electron chi connectivity index (χ4n) is 3.92. The van der Waals surface area contributed by atoms with E-state index in [1.54, 1.807) is 31.4 Å². The van der Waals surface area contributed by atoms with Crippen molar-refractivity contribution >= 4 is 27.6 Å². The molecule has 0 unspecified atom stereocenters. The topological polar surface area (TPSA) is 49.3 Å². The number of hydrogen-bond acceptors (Lipinski definition) is 5. The Labute approximate surface area is 172 Å². The van der Waals surface area contributed by atoms with E-state index < -0.39 is 11.6 Å². The number of hydrogen-bond donors (Lipinski definition) is 0. The minimum Gasteiger partial charge on any atom is -0.344 e. The average molecular weight is 416 g/mol. The number of nitrogens with zero attached hydrogens (tertiary/aromatic N) is 4. The molecule has 5 nitrogen and oxygen atoms in total. The number of piperidine rings is 1. The van der Waals surface area contributed by atoms with Gasteiger partial charge in [0.05, 0.1) is 4.88 Å². The van der Waals surface area contributed by atoms with E-state index in [4.69, 9.17) is 0 Å². The first-order chi connectivity index (χ1) is 13.9. The summed E-state index contributed by atoms with van der Waals surface area (Å²) in [6, 6.07) is 3.65. The summed E-state index contributed by atoms with van der Waals surface area (Å²) in [5.41, 5.74) is 2.44. The molecule has 0 atom stereocenters. The van der Waals surface area contributed by atoms with Crippen LogP contribution < -0.4 is 0 Å². The van der Waals surface area contributed by atoms with Crippen molar-refractivity contribution in [3.8, 4) is 0 Å². The molecule has 1 fully saturated rings. The molecule has 1 aliphatic heterocycles. The van der Waals surface area contributed by atoms with Crippen LogP contribution >= 0.6 is 11.3 Å². The molecule has 8 heteroatoms. The number of amides is 1. The van der Waals surface area contributed by atoms with E-state index in [9.17, 15) is 13.6 Å². The quantitative estimate of drug-likeness (QED) is 0.644. The van der Waals surface area contributed by atoms with Crippen molar-refractivity contribution < 1.29 is 13.6 Å². The van der Waals surface area contributed by atoms with Crippen molar-refractivity contribution in [2.75, 3.05) is 27.2 Å². The first kappa shape index (κ1) is 19.8. The Morgan fingerprint density at radius 3 is 2.45 bits per heavy atom. The molecule has 0 bridgehead atoms. The van der Waals surface area contributed by atoms with E-state index in [1.165, 1.54) is 23.5 Å². The molecule has 2 aromatic heterocycles. The van der Waals surface area contributed by atoms with Gasteiger partial charge in [-0.15, -0.1) is 11.3 Å². The standard InChI is InChI=1S/C21H22F2N4OS/c1-26(2)21(28)19-17(18-20(29-19)25-6-5-24-18)14-3-7-27(8-4-14)12-13-9-15(22)11-16(23)10-13/h5-6,9-11,14H,3-4,7-8,12H2,1-2H3. The Hall–Kier alpha value is -2.45. The van der Waals surface area contributed by atoms with Gasteiger partial charge in [0.25, 0.3) is 5.91 Å². The molecule has 0 saturated carbocycles. The second-order valence-electron chi connectivity index (χ2n) is 7.58.